The summed E-state index contributed by atoms with van der Waals surface area (Å²) in [5.74, 6) is -0.884. The number of aliphatic carboxylic acids is 1. The number of nitrogens with one attached hydrogen (secondary N) is 1. The number of carboxylic acids is 1. The first kappa shape index (κ1) is 16.1. The van der Waals surface area contributed by atoms with Crippen molar-refractivity contribution in [1.82, 2.24) is 5.32 Å². The van der Waals surface area contributed by atoms with E-state index in [-0.39, 0.29) is 5.69 Å². The van der Waals surface area contributed by atoms with Gasteiger partial charge in [-0.3, -0.25) is 14.9 Å². The van der Waals surface area contributed by atoms with Gasteiger partial charge in [0.15, 0.2) is 0 Å². The van der Waals surface area contributed by atoms with Gasteiger partial charge in [0.05, 0.1) is 4.92 Å². The van der Waals surface area contributed by atoms with Crippen molar-refractivity contribution in [1.29, 1.82) is 0 Å². The number of carboxylic acid groups (broad SMARTS) is 1. The predicted octanol–water partition coefficient (Wildman–Crippen LogP) is 2.37. The number of nitrogens with zero attached hydrogens (tertiary/aromatic N) is 1. The number of para-hydroxylation sites is 1. The van der Waals surface area contributed by atoms with Crippen molar-refractivity contribution < 1.29 is 14.8 Å². The Balaban J connectivity index is 2.73. The number of nitro benzene ring substituents is 1. The molecular formula is C14H20N2O4. The molecule has 1 aromatic rings. The van der Waals surface area contributed by atoms with E-state index < -0.39 is 16.4 Å². The van der Waals surface area contributed by atoms with E-state index in [0.29, 0.717) is 31.4 Å². The number of benzene rings is 1. The van der Waals surface area contributed by atoms with Crippen LogP contribution in [0.1, 0.15) is 32.3 Å². The number of rotatable bonds is 8. The summed E-state index contributed by atoms with van der Waals surface area (Å²) >= 11 is 0. The van der Waals surface area contributed by atoms with Crippen molar-refractivity contribution in [2.75, 3.05) is 6.54 Å². The summed E-state index contributed by atoms with van der Waals surface area (Å²) < 4.78 is 0. The third-order valence-corrected chi connectivity index (χ3v) is 3.66. The van der Waals surface area contributed by atoms with Crippen LogP contribution in [0.2, 0.25) is 0 Å². The molecule has 0 aliphatic carbocycles. The third-order valence-electron chi connectivity index (χ3n) is 3.66. The summed E-state index contributed by atoms with van der Waals surface area (Å²) in [6.45, 7) is 4.02. The van der Waals surface area contributed by atoms with Crippen LogP contribution in [0.5, 0.6) is 0 Å². The highest BCUT2D eigenvalue weighted by Gasteiger charge is 2.33. The van der Waals surface area contributed by atoms with Gasteiger partial charge in [-0.15, -0.1) is 0 Å². The maximum atomic E-state index is 11.3. The van der Waals surface area contributed by atoms with Crippen LogP contribution in [0, 0.1) is 10.1 Å². The minimum Gasteiger partial charge on any atom is -0.480 e. The largest absolute Gasteiger partial charge is 0.480 e. The molecule has 0 bridgehead atoms. The Morgan fingerprint density at radius 3 is 2.45 bits per heavy atom. The molecule has 0 unspecified atom stereocenters. The highest BCUT2D eigenvalue weighted by Crippen LogP contribution is 2.19. The molecule has 20 heavy (non-hydrogen) atoms. The quantitative estimate of drug-likeness (QED) is 0.563. The van der Waals surface area contributed by atoms with E-state index in [1.807, 2.05) is 13.8 Å². The molecule has 0 aromatic heterocycles. The topological polar surface area (TPSA) is 92.5 Å². The number of nitro groups is 1. The van der Waals surface area contributed by atoms with E-state index in [4.69, 9.17) is 0 Å². The van der Waals surface area contributed by atoms with E-state index in [2.05, 4.69) is 5.32 Å². The lowest BCUT2D eigenvalue weighted by Gasteiger charge is -2.28. The minimum atomic E-state index is -0.955. The molecule has 0 fully saturated rings. The summed E-state index contributed by atoms with van der Waals surface area (Å²) in [7, 11) is 0. The maximum Gasteiger partial charge on any atom is 0.323 e. The highest BCUT2D eigenvalue weighted by molar-refractivity contribution is 5.78. The fourth-order valence-electron chi connectivity index (χ4n) is 2.21. The molecule has 1 rings (SSSR count). The van der Waals surface area contributed by atoms with Gasteiger partial charge < -0.3 is 10.4 Å². The Labute approximate surface area is 118 Å². The molecule has 0 spiro atoms. The zero-order valence-electron chi connectivity index (χ0n) is 11.8. The summed E-state index contributed by atoms with van der Waals surface area (Å²) in [4.78, 5) is 21.8. The van der Waals surface area contributed by atoms with E-state index in [9.17, 15) is 20.0 Å². The Hall–Kier alpha value is -1.95. The summed E-state index contributed by atoms with van der Waals surface area (Å²) in [6, 6.07) is 6.51. The van der Waals surface area contributed by atoms with Crippen LogP contribution in [-0.4, -0.2) is 28.1 Å². The fraction of sp³-hybridized carbons (Fsp3) is 0.500. The molecule has 0 heterocycles. The van der Waals surface area contributed by atoms with Crippen LogP contribution in [0.4, 0.5) is 5.69 Å². The van der Waals surface area contributed by atoms with Crippen molar-refractivity contribution >= 4 is 11.7 Å². The lowest BCUT2D eigenvalue weighted by atomic mass is 9.92. The highest BCUT2D eigenvalue weighted by atomic mass is 16.6. The summed E-state index contributed by atoms with van der Waals surface area (Å²) in [5, 5.41) is 23.2. The van der Waals surface area contributed by atoms with Gasteiger partial charge in [-0.1, -0.05) is 32.0 Å². The van der Waals surface area contributed by atoms with Crippen LogP contribution >= 0.6 is 0 Å². The van der Waals surface area contributed by atoms with E-state index in [0.717, 1.165) is 0 Å². The predicted molar refractivity (Wildman–Crippen MR) is 75.8 cm³/mol. The van der Waals surface area contributed by atoms with E-state index in [1.165, 1.54) is 6.07 Å². The molecule has 0 aliphatic heterocycles. The molecule has 6 heteroatoms. The average molecular weight is 280 g/mol. The summed E-state index contributed by atoms with van der Waals surface area (Å²) in [5.41, 5.74) is -0.275. The van der Waals surface area contributed by atoms with Crippen molar-refractivity contribution in [2.24, 2.45) is 0 Å². The lowest BCUT2D eigenvalue weighted by Crippen LogP contribution is -2.51. The lowest BCUT2D eigenvalue weighted by molar-refractivity contribution is -0.385. The van der Waals surface area contributed by atoms with Crippen LogP contribution in [0.25, 0.3) is 0 Å². The van der Waals surface area contributed by atoms with Gasteiger partial charge in [-0.2, -0.15) is 0 Å². The van der Waals surface area contributed by atoms with Crippen molar-refractivity contribution in [3.63, 3.8) is 0 Å². The Kier molecular flexibility index (Phi) is 5.64. The maximum absolute atomic E-state index is 11.3. The fourth-order valence-corrected chi connectivity index (χ4v) is 2.21. The van der Waals surface area contributed by atoms with Crippen LogP contribution in [-0.2, 0) is 11.2 Å². The first-order valence-electron chi connectivity index (χ1n) is 6.67. The molecule has 0 saturated heterocycles. The van der Waals surface area contributed by atoms with Crippen LogP contribution < -0.4 is 5.32 Å². The van der Waals surface area contributed by atoms with Gasteiger partial charge in [-0.25, -0.2) is 0 Å². The second kappa shape index (κ2) is 7.00. The Morgan fingerprint density at radius 1 is 1.35 bits per heavy atom. The molecule has 6 nitrogen and oxygen atoms in total. The SMILES string of the molecule is CCC(CC)(NCCc1ccccc1[N+](=O)[O-])C(=O)O. The molecule has 0 atom stereocenters. The van der Waals surface area contributed by atoms with Gasteiger partial charge in [0.25, 0.3) is 5.69 Å². The zero-order valence-corrected chi connectivity index (χ0v) is 11.8. The van der Waals surface area contributed by atoms with Crippen LogP contribution in [0.15, 0.2) is 24.3 Å². The molecule has 0 aliphatic rings. The van der Waals surface area contributed by atoms with E-state index in [1.54, 1.807) is 18.2 Å². The molecule has 0 radical (unpaired) electrons. The Morgan fingerprint density at radius 2 is 1.95 bits per heavy atom. The van der Waals surface area contributed by atoms with Gasteiger partial charge in [0.2, 0.25) is 0 Å². The molecular weight excluding hydrogens is 260 g/mol. The third kappa shape index (κ3) is 3.54. The summed E-state index contributed by atoms with van der Waals surface area (Å²) in [6.07, 6.45) is 1.36. The first-order chi connectivity index (χ1) is 9.46. The number of carbonyl (C=O) groups is 1. The van der Waals surface area contributed by atoms with Gasteiger partial charge in [0, 0.05) is 18.2 Å². The second-order valence-corrected chi connectivity index (χ2v) is 4.66. The molecule has 1 aromatic carbocycles. The van der Waals surface area contributed by atoms with Crippen molar-refractivity contribution in [3.8, 4) is 0 Å². The molecule has 110 valence electrons. The standard InChI is InChI=1S/C14H20N2O4/c1-3-14(4-2,13(17)18)15-10-9-11-7-5-6-8-12(11)16(19)20/h5-8,15H,3-4,9-10H2,1-2H3,(H,17,18). The zero-order chi connectivity index (χ0) is 15.2. The van der Waals surface area contributed by atoms with Crippen LogP contribution in [0.3, 0.4) is 0 Å². The normalized spacial score (nSPS) is 11.3. The molecule has 0 saturated carbocycles. The number of hydrogen-bond donors (Lipinski definition) is 2. The van der Waals surface area contributed by atoms with Gasteiger partial charge in [-0.05, 0) is 19.3 Å². The monoisotopic (exact) mass is 280 g/mol. The number of hydrogen-bond acceptors (Lipinski definition) is 4. The molecule has 2 N–H and O–H groups in total. The van der Waals surface area contributed by atoms with Gasteiger partial charge >= 0.3 is 5.97 Å². The average Bonchev–Trinajstić information content (AvgIpc) is 2.44. The molecule has 0 amide bonds. The minimum absolute atomic E-state index is 0.0724. The van der Waals surface area contributed by atoms with E-state index >= 15 is 0 Å². The smallest absolute Gasteiger partial charge is 0.323 e. The van der Waals surface area contributed by atoms with Crippen molar-refractivity contribution in [3.05, 3.63) is 39.9 Å². The van der Waals surface area contributed by atoms with Crippen molar-refractivity contribution in [2.45, 2.75) is 38.6 Å². The first-order valence-corrected chi connectivity index (χ1v) is 6.67. The van der Waals surface area contributed by atoms with Gasteiger partial charge in [0.1, 0.15) is 5.54 Å². The Bertz CT molecular complexity index is 484. The second-order valence-electron chi connectivity index (χ2n) is 4.66.